The monoisotopic (exact) mass is 439 g/mol. The molecule has 0 fully saturated rings. The molecule has 166 valence electrons. The van der Waals surface area contributed by atoms with Crippen molar-refractivity contribution in [2.75, 3.05) is 19.6 Å². The van der Waals surface area contributed by atoms with E-state index in [1.165, 1.54) is 0 Å². The molecule has 0 bridgehead atoms. The lowest BCUT2D eigenvalue weighted by atomic mass is 9.88. The number of halogens is 1. The molecule has 1 aromatic heterocycles. The maximum absolute atomic E-state index is 13.0. The van der Waals surface area contributed by atoms with E-state index in [0.717, 1.165) is 54.5 Å². The molecule has 5 heteroatoms. The summed E-state index contributed by atoms with van der Waals surface area (Å²) in [5.74, 6) is 0.0170. The number of H-pyrrole nitrogens is 1. The fourth-order valence-corrected chi connectivity index (χ4v) is 4.46. The van der Waals surface area contributed by atoms with Gasteiger partial charge in [0.15, 0.2) is 0 Å². The number of para-hydroxylation sites is 1. The summed E-state index contributed by atoms with van der Waals surface area (Å²) in [5, 5.41) is 5.05. The van der Waals surface area contributed by atoms with E-state index in [9.17, 15) is 4.79 Å². The van der Waals surface area contributed by atoms with Crippen LogP contribution in [0, 0.1) is 0 Å². The molecule has 0 aliphatic carbocycles. The third-order valence-electron chi connectivity index (χ3n) is 6.05. The maximum atomic E-state index is 13.0. The highest BCUT2D eigenvalue weighted by atomic mass is 35.5. The number of benzene rings is 2. The molecular weight excluding hydrogens is 406 g/mol. The number of nitrogens with zero attached hydrogens (tertiary/aromatic N) is 1. The van der Waals surface area contributed by atoms with E-state index in [1.807, 2.05) is 36.5 Å². The largest absolute Gasteiger partial charge is 0.361 e. The van der Waals surface area contributed by atoms with Crippen LogP contribution in [0.1, 0.15) is 57.1 Å². The van der Waals surface area contributed by atoms with E-state index in [0.29, 0.717) is 11.4 Å². The summed E-state index contributed by atoms with van der Waals surface area (Å²) < 4.78 is 0. The third kappa shape index (κ3) is 6.34. The lowest BCUT2D eigenvalue weighted by Gasteiger charge is -2.21. The first-order valence-electron chi connectivity index (χ1n) is 11.3. The number of amides is 1. The Balaban J connectivity index is 1.71. The lowest BCUT2D eigenvalue weighted by molar-refractivity contribution is -0.121. The van der Waals surface area contributed by atoms with E-state index in [2.05, 4.69) is 54.2 Å². The second kappa shape index (κ2) is 11.4. The Labute approximate surface area is 191 Å². The minimum Gasteiger partial charge on any atom is -0.361 e. The van der Waals surface area contributed by atoms with Crippen molar-refractivity contribution in [3.05, 3.63) is 70.9 Å². The zero-order chi connectivity index (χ0) is 22.2. The molecule has 0 saturated carbocycles. The van der Waals surface area contributed by atoms with Gasteiger partial charge < -0.3 is 15.2 Å². The first kappa shape index (κ1) is 23.4. The van der Waals surface area contributed by atoms with Crippen molar-refractivity contribution in [2.45, 2.75) is 52.0 Å². The number of nitrogens with one attached hydrogen (secondary N) is 2. The summed E-state index contributed by atoms with van der Waals surface area (Å²) in [6.07, 6.45) is 4.49. The van der Waals surface area contributed by atoms with E-state index in [4.69, 9.17) is 11.6 Å². The van der Waals surface area contributed by atoms with Crippen molar-refractivity contribution in [1.29, 1.82) is 0 Å². The van der Waals surface area contributed by atoms with Crippen molar-refractivity contribution in [3.63, 3.8) is 0 Å². The highest BCUT2D eigenvalue weighted by Gasteiger charge is 2.22. The number of hydrogen-bond donors (Lipinski definition) is 2. The average Bonchev–Trinajstić information content (AvgIpc) is 3.19. The van der Waals surface area contributed by atoms with Crippen molar-refractivity contribution < 1.29 is 4.79 Å². The Hall–Kier alpha value is -2.30. The summed E-state index contributed by atoms with van der Waals surface area (Å²) in [6, 6.07) is 16.2. The SMILES string of the molecule is CCN(CC)CCCC(C)NC(=O)CC(c1cccc(Cl)c1)c1c[nH]c2ccccc12. The van der Waals surface area contributed by atoms with Gasteiger partial charge in [0, 0.05) is 40.5 Å². The summed E-state index contributed by atoms with van der Waals surface area (Å²) in [4.78, 5) is 18.8. The van der Waals surface area contributed by atoms with Crippen LogP contribution in [-0.4, -0.2) is 41.5 Å². The van der Waals surface area contributed by atoms with Crippen molar-refractivity contribution in [3.8, 4) is 0 Å². The van der Waals surface area contributed by atoms with Gasteiger partial charge in [0.2, 0.25) is 5.91 Å². The number of aromatic amines is 1. The molecule has 0 saturated heterocycles. The number of rotatable bonds is 11. The number of carbonyl (C=O) groups excluding carboxylic acids is 1. The van der Waals surface area contributed by atoms with E-state index < -0.39 is 0 Å². The first-order chi connectivity index (χ1) is 15.0. The van der Waals surface area contributed by atoms with Gasteiger partial charge in [0.05, 0.1) is 0 Å². The second-order valence-electron chi connectivity index (χ2n) is 8.24. The Morgan fingerprint density at radius 2 is 1.90 bits per heavy atom. The maximum Gasteiger partial charge on any atom is 0.221 e. The number of hydrogen-bond acceptors (Lipinski definition) is 2. The van der Waals surface area contributed by atoms with Gasteiger partial charge in [-0.15, -0.1) is 0 Å². The average molecular weight is 440 g/mol. The molecule has 0 radical (unpaired) electrons. The van der Waals surface area contributed by atoms with Gasteiger partial charge in [0.1, 0.15) is 0 Å². The number of carbonyl (C=O) groups is 1. The molecule has 0 spiro atoms. The van der Waals surface area contributed by atoms with Crippen LogP contribution in [0.4, 0.5) is 0 Å². The van der Waals surface area contributed by atoms with Crippen LogP contribution in [0.2, 0.25) is 5.02 Å². The van der Waals surface area contributed by atoms with Crippen LogP contribution in [0.3, 0.4) is 0 Å². The fourth-order valence-electron chi connectivity index (χ4n) is 4.27. The van der Waals surface area contributed by atoms with Gasteiger partial charge in [-0.2, -0.15) is 0 Å². The molecule has 1 heterocycles. The molecule has 2 atom stereocenters. The predicted molar refractivity (Wildman–Crippen MR) is 131 cm³/mol. The minimum atomic E-state index is -0.0577. The van der Waals surface area contributed by atoms with Crippen LogP contribution < -0.4 is 5.32 Å². The molecule has 3 aromatic rings. The molecule has 0 aliphatic rings. The molecule has 2 unspecified atom stereocenters. The van der Waals surface area contributed by atoms with Gasteiger partial charge in [-0.1, -0.05) is 55.8 Å². The zero-order valence-electron chi connectivity index (χ0n) is 18.8. The molecule has 3 rings (SSSR count). The first-order valence-corrected chi connectivity index (χ1v) is 11.7. The molecule has 31 heavy (non-hydrogen) atoms. The third-order valence-corrected chi connectivity index (χ3v) is 6.29. The van der Waals surface area contributed by atoms with Gasteiger partial charge in [-0.25, -0.2) is 0 Å². The van der Waals surface area contributed by atoms with Crippen LogP contribution in [0.25, 0.3) is 10.9 Å². The Bertz CT molecular complexity index is 979. The standard InChI is InChI=1S/C26H34ClN3O/c1-4-30(5-2)15-9-10-19(3)29-26(31)17-23(20-11-8-12-21(27)16-20)24-18-28-25-14-7-6-13-22(24)25/h6-8,11-14,16,18-19,23,28H,4-5,9-10,15,17H2,1-3H3,(H,29,31). The van der Waals surface area contributed by atoms with Crippen molar-refractivity contribution >= 4 is 28.4 Å². The van der Waals surface area contributed by atoms with E-state index >= 15 is 0 Å². The number of fused-ring (bicyclic) bond motifs is 1. The Morgan fingerprint density at radius 1 is 1.13 bits per heavy atom. The van der Waals surface area contributed by atoms with E-state index in [1.54, 1.807) is 0 Å². The van der Waals surface area contributed by atoms with Gasteiger partial charge >= 0.3 is 0 Å². The molecule has 4 nitrogen and oxygen atoms in total. The fraction of sp³-hybridized carbons (Fsp3) is 0.423. The van der Waals surface area contributed by atoms with Gasteiger partial charge in [-0.05, 0) is 68.7 Å². The van der Waals surface area contributed by atoms with Crippen molar-refractivity contribution in [2.24, 2.45) is 0 Å². The molecule has 2 N–H and O–H groups in total. The van der Waals surface area contributed by atoms with Gasteiger partial charge in [0.25, 0.3) is 0 Å². The Kier molecular flexibility index (Phi) is 8.56. The van der Waals surface area contributed by atoms with Gasteiger partial charge in [-0.3, -0.25) is 4.79 Å². The highest BCUT2D eigenvalue weighted by Crippen LogP contribution is 2.34. The lowest BCUT2D eigenvalue weighted by Crippen LogP contribution is -2.34. The highest BCUT2D eigenvalue weighted by molar-refractivity contribution is 6.30. The summed E-state index contributed by atoms with van der Waals surface area (Å²) in [5.41, 5.74) is 3.26. The number of aromatic nitrogens is 1. The molecule has 0 aliphatic heterocycles. The van der Waals surface area contributed by atoms with E-state index in [-0.39, 0.29) is 17.9 Å². The topological polar surface area (TPSA) is 48.1 Å². The Morgan fingerprint density at radius 3 is 2.65 bits per heavy atom. The quantitative estimate of drug-likeness (QED) is 0.386. The normalized spacial score (nSPS) is 13.5. The summed E-state index contributed by atoms with van der Waals surface area (Å²) in [6.45, 7) is 9.70. The minimum absolute atomic E-state index is 0.0577. The summed E-state index contributed by atoms with van der Waals surface area (Å²) >= 11 is 6.28. The molecular formula is C26H34ClN3O. The van der Waals surface area contributed by atoms with Crippen LogP contribution in [0.5, 0.6) is 0 Å². The predicted octanol–water partition coefficient (Wildman–Crippen LogP) is 5.97. The smallest absolute Gasteiger partial charge is 0.221 e. The van der Waals surface area contributed by atoms with Crippen molar-refractivity contribution in [1.82, 2.24) is 15.2 Å². The van der Waals surface area contributed by atoms with Crippen LogP contribution in [-0.2, 0) is 4.79 Å². The molecule has 2 aromatic carbocycles. The summed E-state index contributed by atoms with van der Waals surface area (Å²) in [7, 11) is 0. The molecule has 1 amide bonds. The second-order valence-corrected chi connectivity index (χ2v) is 8.68. The van der Waals surface area contributed by atoms with Crippen LogP contribution in [0.15, 0.2) is 54.7 Å². The van der Waals surface area contributed by atoms with Crippen LogP contribution >= 0.6 is 11.6 Å². The zero-order valence-corrected chi connectivity index (χ0v) is 19.6.